The van der Waals surface area contributed by atoms with Crippen molar-refractivity contribution in [3.63, 3.8) is 0 Å². The van der Waals surface area contributed by atoms with Gasteiger partial charge < -0.3 is 5.11 Å². The second-order valence-corrected chi connectivity index (χ2v) is 2.48. The number of hydrogen-bond donors (Lipinski definition) is 1. The number of carbonyl (C=O) groups is 2. The fourth-order valence-electron chi connectivity index (χ4n) is 1.03. The Bertz CT molecular complexity index is 271. The largest absolute Gasteiger partial charge is 0.478 e. The summed E-state index contributed by atoms with van der Waals surface area (Å²) in [4.78, 5) is 20.9. The highest BCUT2D eigenvalue weighted by molar-refractivity contribution is 5.99. The van der Waals surface area contributed by atoms with Gasteiger partial charge >= 0.3 is 5.97 Å². The first-order chi connectivity index (χ1) is 5.09. The molecule has 1 aliphatic rings. The van der Waals surface area contributed by atoms with Gasteiger partial charge in [0.1, 0.15) is 0 Å². The molecule has 0 heterocycles. The van der Waals surface area contributed by atoms with Crippen LogP contribution < -0.4 is 0 Å². The van der Waals surface area contributed by atoms with Crippen molar-refractivity contribution in [1.29, 1.82) is 0 Å². The summed E-state index contributed by atoms with van der Waals surface area (Å²) in [6.45, 7) is 1.74. The van der Waals surface area contributed by atoms with Crippen molar-refractivity contribution in [2.75, 3.05) is 0 Å². The van der Waals surface area contributed by atoms with Crippen LogP contribution in [-0.4, -0.2) is 16.9 Å². The summed E-state index contributed by atoms with van der Waals surface area (Å²) in [5.74, 6) is -1.02. The van der Waals surface area contributed by atoms with Crippen LogP contribution in [0.25, 0.3) is 0 Å². The van der Waals surface area contributed by atoms with Crippen LogP contribution in [0.4, 0.5) is 0 Å². The molecule has 0 aromatic carbocycles. The topological polar surface area (TPSA) is 54.4 Å². The van der Waals surface area contributed by atoms with Gasteiger partial charge in [-0.1, -0.05) is 0 Å². The molecule has 0 saturated heterocycles. The van der Waals surface area contributed by atoms with Gasteiger partial charge in [-0.05, 0) is 24.1 Å². The van der Waals surface area contributed by atoms with E-state index in [9.17, 15) is 9.59 Å². The fraction of sp³-hybridized carbons (Fsp3) is 0.250. The van der Waals surface area contributed by atoms with Crippen molar-refractivity contribution < 1.29 is 14.7 Å². The normalized spacial score (nSPS) is 20.6. The molecule has 0 aliphatic heterocycles. The Labute approximate surface area is 64.0 Å². The molecule has 58 valence electrons. The number of allylic oxidation sites excluding steroid dienone is 3. The van der Waals surface area contributed by atoms with Crippen molar-refractivity contribution in [2.45, 2.75) is 13.3 Å². The van der Waals surface area contributed by atoms with Gasteiger partial charge in [-0.25, -0.2) is 4.79 Å². The molecule has 0 spiro atoms. The first-order valence-corrected chi connectivity index (χ1v) is 3.24. The summed E-state index contributed by atoms with van der Waals surface area (Å²) in [6, 6.07) is 0. The summed E-state index contributed by atoms with van der Waals surface area (Å²) in [5.41, 5.74) is 1.37. The molecule has 0 aromatic heterocycles. The highest BCUT2D eigenvalue weighted by atomic mass is 16.4. The van der Waals surface area contributed by atoms with Gasteiger partial charge in [-0.2, -0.15) is 0 Å². The monoisotopic (exact) mass is 152 g/mol. The van der Waals surface area contributed by atoms with E-state index >= 15 is 0 Å². The van der Waals surface area contributed by atoms with Crippen LogP contribution in [0.2, 0.25) is 0 Å². The maximum Gasteiger partial charge on any atom is 0.328 e. The highest BCUT2D eigenvalue weighted by Gasteiger charge is 2.14. The Morgan fingerprint density at radius 1 is 1.73 bits per heavy atom. The van der Waals surface area contributed by atoms with Gasteiger partial charge in [0.15, 0.2) is 5.78 Å². The second-order valence-electron chi connectivity index (χ2n) is 2.48. The summed E-state index contributed by atoms with van der Waals surface area (Å²) in [7, 11) is 0. The quantitative estimate of drug-likeness (QED) is 0.568. The molecule has 0 aromatic rings. The van der Waals surface area contributed by atoms with E-state index in [1.165, 1.54) is 6.08 Å². The minimum absolute atomic E-state index is 0.0185. The summed E-state index contributed by atoms with van der Waals surface area (Å²) in [5, 5.41) is 8.36. The Balaban J connectivity index is 2.87. The van der Waals surface area contributed by atoms with Gasteiger partial charge in [0.05, 0.1) is 0 Å². The number of ketones is 1. The Kier molecular flexibility index (Phi) is 1.89. The van der Waals surface area contributed by atoms with Gasteiger partial charge in [-0.3, -0.25) is 4.79 Å². The van der Waals surface area contributed by atoms with Crippen molar-refractivity contribution in [1.82, 2.24) is 0 Å². The number of carboxylic acid groups (broad SMARTS) is 1. The van der Waals surface area contributed by atoms with Crippen LogP contribution in [0.3, 0.4) is 0 Å². The van der Waals surface area contributed by atoms with E-state index in [0.29, 0.717) is 5.57 Å². The van der Waals surface area contributed by atoms with E-state index in [0.717, 1.165) is 11.6 Å². The van der Waals surface area contributed by atoms with Crippen LogP contribution in [0.1, 0.15) is 13.3 Å². The van der Waals surface area contributed by atoms with E-state index < -0.39 is 5.97 Å². The van der Waals surface area contributed by atoms with Crippen LogP contribution in [0.15, 0.2) is 23.3 Å². The molecule has 11 heavy (non-hydrogen) atoms. The third-order valence-corrected chi connectivity index (χ3v) is 1.55. The zero-order valence-electron chi connectivity index (χ0n) is 6.13. The number of carboxylic acids is 1. The Morgan fingerprint density at radius 2 is 2.36 bits per heavy atom. The first-order valence-electron chi connectivity index (χ1n) is 3.24. The maximum atomic E-state index is 10.7. The predicted molar refractivity (Wildman–Crippen MR) is 39.1 cm³/mol. The van der Waals surface area contributed by atoms with Gasteiger partial charge in [0.2, 0.25) is 0 Å². The predicted octanol–water partition coefficient (Wildman–Crippen LogP) is 0.917. The average molecular weight is 152 g/mol. The minimum Gasteiger partial charge on any atom is -0.478 e. The maximum absolute atomic E-state index is 10.7. The molecular weight excluding hydrogens is 144 g/mol. The molecule has 0 atom stereocenters. The Morgan fingerprint density at radius 3 is 2.73 bits per heavy atom. The zero-order chi connectivity index (χ0) is 8.43. The molecule has 1 rings (SSSR count). The molecule has 0 bridgehead atoms. The average Bonchev–Trinajstić information content (AvgIpc) is 2.09. The molecule has 0 unspecified atom stereocenters. The van der Waals surface area contributed by atoms with E-state index in [-0.39, 0.29) is 12.2 Å². The standard InChI is InChI=1S/C8H8O3/c1-5-2-7(9)3-6(5)4-8(10)11/h2,4H,3H2,1H3,(H,10,11)/b6-4+. The lowest BCUT2D eigenvalue weighted by molar-refractivity contribution is -0.131. The minimum atomic E-state index is -0.998. The first kappa shape index (κ1) is 7.72. The number of rotatable bonds is 1. The lowest BCUT2D eigenvalue weighted by Crippen LogP contribution is -1.92. The number of hydrogen-bond acceptors (Lipinski definition) is 2. The third kappa shape index (κ3) is 1.77. The van der Waals surface area contributed by atoms with Crippen LogP contribution in [-0.2, 0) is 9.59 Å². The van der Waals surface area contributed by atoms with Crippen LogP contribution in [0, 0.1) is 0 Å². The van der Waals surface area contributed by atoms with Crippen molar-refractivity contribution >= 4 is 11.8 Å². The molecule has 0 saturated carbocycles. The van der Waals surface area contributed by atoms with Gasteiger partial charge in [0, 0.05) is 12.5 Å². The van der Waals surface area contributed by atoms with Crippen molar-refractivity contribution in [3.8, 4) is 0 Å². The Hall–Kier alpha value is -1.38. The van der Waals surface area contributed by atoms with Crippen LogP contribution in [0.5, 0.6) is 0 Å². The van der Waals surface area contributed by atoms with Gasteiger partial charge in [-0.15, -0.1) is 0 Å². The molecular formula is C8H8O3. The molecule has 1 N–H and O–H groups in total. The molecule has 3 heteroatoms. The summed E-state index contributed by atoms with van der Waals surface area (Å²) < 4.78 is 0. The second kappa shape index (κ2) is 2.70. The molecule has 0 fully saturated rings. The van der Waals surface area contributed by atoms with E-state index in [2.05, 4.69) is 0 Å². The van der Waals surface area contributed by atoms with E-state index in [4.69, 9.17) is 5.11 Å². The van der Waals surface area contributed by atoms with E-state index in [1.807, 2.05) is 0 Å². The molecule has 3 nitrogen and oxygen atoms in total. The SMILES string of the molecule is CC1=CC(=O)C/C1=C\C(=O)O. The third-order valence-electron chi connectivity index (χ3n) is 1.55. The fourth-order valence-corrected chi connectivity index (χ4v) is 1.03. The number of aliphatic carboxylic acids is 1. The lowest BCUT2D eigenvalue weighted by Gasteiger charge is -1.93. The molecule has 1 aliphatic carbocycles. The van der Waals surface area contributed by atoms with Crippen molar-refractivity contribution in [2.24, 2.45) is 0 Å². The highest BCUT2D eigenvalue weighted by Crippen LogP contribution is 2.21. The smallest absolute Gasteiger partial charge is 0.328 e. The van der Waals surface area contributed by atoms with E-state index in [1.54, 1.807) is 6.92 Å². The van der Waals surface area contributed by atoms with Crippen LogP contribution >= 0.6 is 0 Å². The molecule has 0 amide bonds. The number of carbonyl (C=O) groups excluding carboxylic acids is 1. The van der Waals surface area contributed by atoms with Gasteiger partial charge in [0.25, 0.3) is 0 Å². The zero-order valence-corrected chi connectivity index (χ0v) is 6.13. The lowest BCUT2D eigenvalue weighted by atomic mass is 10.1. The summed E-state index contributed by atoms with van der Waals surface area (Å²) in [6.07, 6.45) is 2.78. The summed E-state index contributed by atoms with van der Waals surface area (Å²) >= 11 is 0. The van der Waals surface area contributed by atoms with Crippen molar-refractivity contribution in [3.05, 3.63) is 23.3 Å². The molecule has 0 radical (unpaired) electrons.